The Balaban J connectivity index is 1.60. The molecule has 27 heavy (non-hydrogen) atoms. The molecule has 0 spiro atoms. The summed E-state index contributed by atoms with van der Waals surface area (Å²) in [6.07, 6.45) is 5.07. The Kier molecular flexibility index (Phi) is 4.30. The number of amides is 4. The fourth-order valence-corrected chi connectivity index (χ4v) is 4.20. The number of anilines is 2. The van der Waals surface area contributed by atoms with Crippen molar-refractivity contribution in [3.05, 3.63) is 36.4 Å². The first-order valence-electron chi connectivity index (χ1n) is 9.18. The van der Waals surface area contributed by atoms with Gasteiger partial charge < -0.3 is 10.2 Å². The van der Waals surface area contributed by atoms with Gasteiger partial charge in [-0.05, 0) is 31.9 Å². The van der Waals surface area contributed by atoms with Gasteiger partial charge in [0.1, 0.15) is 6.54 Å². The van der Waals surface area contributed by atoms with Gasteiger partial charge in [-0.1, -0.05) is 24.3 Å². The van der Waals surface area contributed by atoms with Crippen LogP contribution in [-0.2, 0) is 19.2 Å². The van der Waals surface area contributed by atoms with Crippen molar-refractivity contribution in [3.63, 3.8) is 0 Å². The van der Waals surface area contributed by atoms with Crippen molar-refractivity contribution in [1.82, 2.24) is 4.90 Å². The molecule has 0 aromatic heterocycles. The van der Waals surface area contributed by atoms with E-state index < -0.39 is 0 Å². The molecule has 3 atom stereocenters. The molecular formula is C20H21N3O4. The second kappa shape index (κ2) is 6.64. The monoisotopic (exact) mass is 367 g/mol. The van der Waals surface area contributed by atoms with Crippen LogP contribution in [0.25, 0.3) is 0 Å². The zero-order valence-electron chi connectivity index (χ0n) is 15.1. The summed E-state index contributed by atoms with van der Waals surface area (Å²) in [6, 6.07) is 6.68. The van der Waals surface area contributed by atoms with Gasteiger partial charge in [0.2, 0.25) is 23.6 Å². The van der Waals surface area contributed by atoms with Gasteiger partial charge in [-0.25, -0.2) is 0 Å². The van der Waals surface area contributed by atoms with Crippen LogP contribution in [0.3, 0.4) is 0 Å². The van der Waals surface area contributed by atoms with Gasteiger partial charge in [0.05, 0.1) is 23.2 Å². The molecular weight excluding hydrogens is 346 g/mol. The summed E-state index contributed by atoms with van der Waals surface area (Å²) in [5.41, 5.74) is 1.14. The van der Waals surface area contributed by atoms with Crippen molar-refractivity contribution in [2.24, 2.45) is 11.8 Å². The number of nitrogens with zero attached hydrogens (tertiary/aromatic N) is 2. The number of carbonyl (C=O) groups excluding carboxylic acids is 4. The molecule has 140 valence electrons. The number of hydrogen-bond donors (Lipinski definition) is 1. The minimum Gasteiger partial charge on any atom is -0.324 e. The van der Waals surface area contributed by atoms with Crippen LogP contribution < -0.4 is 10.2 Å². The Morgan fingerprint density at radius 3 is 2.37 bits per heavy atom. The molecule has 1 N–H and O–H groups in total. The summed E-state index contributed by atoms with van der Waals surface area (Å²) in [4.78, 5) is 53.1. The maximum absolute atomic E-state index is 13.1. The molecule has 1 aliphatic carbocycles. The van der Waals surface area contributed by atoms with Crippen molar-refractivity contribution in [2.45, 2.75) is 32.2 Å². The Morgan fingerprint density at radius 2 is 1.70 bits per heavy atom. The number of hydrogen-bond acceptors (Lipinski definition) is 4. The lowest BCUT2D eigenvalue weighted by molar-refractivity contribution is -0.143. The highest BCUT2D eigenvalue weighted by Gasteiger charge is 2.48. The predicted octanol–water partition coefficient (Wildman–Crippen LogP) is 1.70. The molecule has 1 aromatic rings. The van der Waals surface area contributed by atoms with E-state index in [1.807, 2.05) is 12.2 Å². The number of fused-ring (bicyclic) bond motifs is 2. The van der Waals surface area contributed by atoms with Gasteiger partial charge in [0, 0.05) is 12.5 Å². The van der Waals surface area contributed by atoms with E-state index in [0.29, 0.717) is 24.2 Å². The Bertz CT molecular complexity index is 837. The molecule has 0 saturated carbocycles. The first kappa shape index (κ1) is 17.5. The number of para-hydroxylation sites is 2. The minimum absolute atomic E-state index is 0.150. The SMILES string of the molecule is CC1CC(=O)Nc2ccccc2N1C(=O)CN1C(=O)C2CC=CCC2C1=O. The second-order valence-electron chi connectivity index (χ2n) is 7.30. The van der Waals surface area contributed by atoms with Gasteiger partial charge in [-0.2, -0.15) is 0 Å². The third kappa shape index (κ3) is 2.93. The van der Waals surface area contributed by atoms with Gasteiger partial charge >= 0.3 is 0 Å². The van der Waals surface area contributed by atoms with Crippen molar-refractivity contribution < 1.29 is 19.2 Å². The van der Waals surface area contributed by atoms with E-state index in [2.05, 4.69) is 5.32 Å². The Hall–Kier alpha value is -2.96. The Labute approximate surface area is 157 Å². The standard InChI is InChI=1S/C20H21N3O4/c1-12-10-17(24)21-15-8-4-5-9-16(15)23(12)18(25)11-22-19(26)13-6-2-3-7-14(13)20(22)27/h2-5,8-9,12-14H,6-7,10-11H2,1H3,(H,21,24). The summed E-state index contributed by atoms with van der Waals surface area (Å²) < 4.78 is 0. The molecule has 2 heterocycles. The number of nitrogens with one attached hydrogen (secondary N) is 1. The summed E-state index contributed by atoms with van der Waals surface area (Å²) in [5.74, 6) is -1.78. The first-order valence-corrected chi connectivity index (χ1v) is 9.18. The van der Waals surface area contributed by atoms with Crippen LogP contribution in [0.2, 0.25) is 0 Å². The summed E-state index contributed by atoms with van der Waals surface area (Å²) in [7, 11) is 0. The number of likely N-dealkylation sites (tertiary alicyclic amines) is 1. The molecule has 4 rings (SSSR count). The zero-order chi connectivity index (χ0) is 19.1. The number of allylic oxidation sites excluding steroid dienone is 2. The molecule has 3 unspecified atom stereocenters. The highest BCUT2D eigenvalue weighted by atomic mass is 16.2. The molecule has 7 heteroatoms. The van der Waals surface area contributed by atoms with E-state index >= 15 is 0 Å². The van der Waals surface area contributed by atoms with E-state index in [0.717, 1.165) is 4.90 Å². The normalized spacial score (nSPS) is 27.1. The van der Waals surface area contributed by atoms with Crippen molar-refractivity contribution in [2.75, 3.05) is 16.8 Å². The highest BCUT2D eigenvalue weighted by molar-refractivity contribution is 6.11. The Morgan fingerprint density at radius 1 is 1.07 bits per heavy atom. The maximum Gasteiger partial charge on any atom is 0.247 e. The summed E-state index contributed by atoms with van der Waals surface area (Å²) in [6.45, 7) is 1.49. The third-order valence-corrected chi connectivity index (χ3v) is 5.52. The van der Waals surface area contributed by atoms with Crippen LogP contribution in [0.1, 0.15) is 26.2 Å². The van der Waals surface area contributed by atoms with Gasteiger partial charge in [-0.3, -0.25) is 24.1 Å². The van der Waals surface area contributed by atoms with Crippen LogP contribution in [-0.4, -0.2) is 41.1 Å². The first-order chi connectivity index (χ1) is 13.0. The van der Waals surface area contributed by atoms with E-state index in [1.165, 1.54) is 4.90 Å². The molecule has 1 fully saturated rings. The highest BCUT2D eigenvalue weighted by Crippen LogP contribution is 2.36. The summed E-state index contributed by atoms with van der Waals surface area (Å²) in [5, 5.41) is 2.80. The molecule has 2 aliphatic heterocycles. The topological polar surface area (TPSA) is 86.8 Å². The largest absolute Gasteiger partial charge is 0.324 e. The molecule has 4 amide bonds. The zero-order valence-corrected chi connectivity index (χ0v) is 15.1. The summed E-state index contributed by atoms with van der Waals surface area (Å²) >= 11 is 0. The van der Waals surface area contributed by atoms with Crippen LogP contribution in [0.5, 0.6) is 0 Å². The van der Waals surface area contributed by atoms with Crippen LogP contribution in [0.15, 0.2) is 36.4 Å². The van der Waals surface area contributed by atoms with Crippen molar-refractivity contribution >= 4 is 35.0 Å². The van der Waals surface area contributed by atoms with Crippen molar-refractivity contribution in [3.8, 4) is 0 Å². The molecule has 0 bridgehead atoms. The van der Waals surface area contributed by atoms with E-state index in [1.54, 1.807) is 31.2 Å². The van der Waals surface area contributed by atoms with Gasteiger partial charge in [-0.15, -0.1) is 0 Å². The van der Waals surface area contributed by atoms with Gasteiger partial charge in [0.15, 0.2) is 0 Å². The lowest BCUT2D eigenvalue weighted by Gasteiger charge is -2.29. The number of imide groups is 1. The van der Waals surface area contributed by atoms with Crippen LogP contribution in [0.4, 0.5) is 11.4 Å². The molecule has 1 saturated heterocycles. The van der Waals surface area contributed by atoms with E-state index in [-0.39, 0.29) is 54.5 Å². The van der Waals surface area contributed by atoms with Crippen LogP contribution >= 0.6 is 0 Å². The lowest BCUT2D eigenvalue weighted by Crippen LogP contribution is -2.46. The average molecular weight is 367 g/mol. The van der Waals surface area contributed by atoms with E-state index in [4.69, 9.17) is 0 Å². The fourth-order valence-electron chi connectivity index (χ4n) is 4.20. The average Bonchev–Trinajstić information content (AvgIpc) is 2.80. The minimum atomic E-state index is -0.377. The molecule has 3 aliphatic rings. The van der Waals surface area contributed by atoms with Crippen molar-refractivity contribution in [1.29, 1.82) is 0 Å². The third-order valence-electron chi connectivity index (χ3n) is 5.52. The lowest BCUT2D eigenvalue weighted by atomic mass is 9.85. The number of carbonyl (C=O) groups is 4. The number of rotatable bonds is 2. The maximum atomic E-state index is 13.1. The fraction of sp³-hybridized carbons (Fsp3) is 0.400. The van der Waals surface area contributed by atoms with Crippen LogP contribution in [0, 0.1) is 11.8 Å². The smallest absolute Gasteiger partial charge is 0.247 e. The quantitative estimate of drug-likeness (QED) is 0.637. The molecule has 7 nitrogen and oxygen atoms in total. The molecule has 0 radical (unpaired) electrons. The second-order valence-corrected chi connectivity index (χ2v) is 7.30. The number of benzene rings is 1. The predicted molar refractivity (Wildman–Crippen MR) is 98.7 cm³/mol. The van der Waals surface area contributed by atoms with Gasteiger partial charge in [0.25, 0.3) is 0 Å². The van der Waals surface area contributed by atoms with E-state index in [9.17, 15) is 19.2 Å². The molecule has 1 aromatic carbocycles.